The van der Waals surface area contributed by atoms with Crippen molar-refractivity contribution in [1.29, 1.82) is 0 Å². The van der Waals surface area contributed by atoms with E-state index in [9.17, 15) is 19.2 Å². The predicted octanol–water partition coefficient (Wildman–Crippen LogP) is -0.999. The van der Waals surface area contributed by atoms with Crippen LogP contribution in [0.1, 0.15) is 39.3 Å². The minimum atomic E-state index is -1.16. The average molecular weight is 422 g/mol. The van der Waals surface area contributed by atoms with Crippen LogP contribution in [0.15, 0.2) is 12.5 Å². The zero-order valence-corrected chi connectivity index (χ0v) is 17.4. The number of nitrogens with one attached hydrogen (secondary N) is 3. The van der Waals surface area contributed by atoms with Crippen LogP contribution in [0, 0.1) is 5.92 Å². The summed E-state index contributed by atoms with van der Waals surface area (Å²) >= 11 is 0. The second-order valence-electron chi connectivity index (χ2n) is 7.87. The first-order valence-corrected chi connectivity index (χ1v) is 9.98. The highest BCUT2D eigenvalue weighted by molar-refractivity contribution is 5.94. The van der Waals surface area contributed by atoms with E-state index in [1.165, 1.54) is 18.2 Å². The molecular weight excluding hydrogens is 392 g/mol. The SMILES string of the molecule is CC(NC(=O)C1CCCN1C(=O)C(Cc1cnc[nH]1)NC(=O)C(N)C(C)C)C(=O)O. The molecular formula is C19H30N6O5. The fraction of sp³-hybridized carbons (Fsp3) is 0.632. The molecule has 6 N–H and O–H groups in total. The minimum Gasteiger partial charge on any atom is -0.480 e. The fourth-order valence-electron chi connectivity index (χ4n) is 3.26. The molecule has 0 aliphatic carbocycles. The maximum Gasteiger partial charge on any atom is 0.325 e. The van der Waals surface area contributed by atoms with Gasteiger partial charge in [-0.15, -0.1) is 0 Å². The molecule has 1 aromatic rings. The van der Waals surface area contributed by atoms with E-state index in [1.54, 1.807) is 20.0 Å². The van der Waals surface area contributed by atoms with Crippen LogP contribution in [0.2, 0.25) is 0 Å². The van der Waals surface area contributed by atoms with Crippen molar-refractivity contribution in [3.63, 3.8) is 0 Å². The van der Waals surface area contributed by atoms with Crippen LogP contribution >= 0.6 is 0 Å². The van der Waals surface area contributed by atoms with Crippen molar-refractivity contribution >= 4 is 23.7 Å². The number of likely N-dealkylation sites (tertiary alicyclic amines) is 1. The highest BCUT2D eigenvalue weighted by Gasteiger charge is 2.39. The van der Waals surface area contributed by atoms with Gasteiger partial charge < -0.3 is 31.4 Å². The maximum atomic E-state index is 13.3. The Morgan fingerprint density at radius 3 is 2.57 bits per heavy atom. The van der Waals surface area contributed by atoms with Gasteiger partial charge in [0, 0.05) is 24.9 Å². The van der Waals surface area contributed by atoms with Crippen LogP contribution in [-0.4, -0.2) is 74.4 Å². The molecule has 0 saturated carbocycles. The summed E-state index contributed by atoms with van der Waals surface area (Å²) in [6, 6.07) is -3.58. The molecule has 1 saturated heterocycles. The zero-order chi connectivity index (χ0) is 22.4. The summed E-state index contributed by atoms with van der Waals surface area (Å²) in [6.07, 6.45) is 4.20. The van der Waals surface area contributed by atoms with Gasteiger partial charge in [-0.3, -0.25) is 19.2 Å². The quantitative estimate of drug-likeness (QED) is 0.340. The molecule has 1 aliphatic heterocycles. The Morgan fingerprint density at radius 2 is 2.00 bits per heavy atom. The summed E-state index contributed by atoms with van der Waals surface area (Å²) in [7, 11) is 0. The first-order chi connectivity index (χ1) is 14.1. The summed E-state index contributed by atoms with van der Waals surface area (Å²) in [5, 5.41) is 14.1. The first-order valence-electron chi connectivity index (χ1n) is 9.98. The normalized spacial score (nSPS) is 19.2. The highest BCUT2D eigenvalue weighted by Crippen LogP contribution is 2.20. The predicted molar refractivity (Wildman–Crippen MR) is 107 cm³/mol. The maximum absolute atomic E-state index is 13.3. The smallest absolute Gasteiger partial charge is 0.325 e. The van der Waals surface area contributed by atoms with Crippen LogP contribution in [0.5, 0.6) is 0 Å². The Bertz CT molecular complexity index is 765. The van der Waals surface area contributed by atoms with Gasteiger partial charge in [0.25, 0.3) is 0 Å². The van der Waals surface area contributed by atoms with Crippen molar-refractivity contribution in [1.82, 2.24) is 25.5 Å². The number of carbonyl (C=O) groups excluding carboxylic acids is 3. The number of hydrogen-bond donors (Lipinski definition) is 5. The number of aromatic nitrogens is 2. The third-order valence-corrected chi connectivity index (χ3v) is 5.18. The second kappa shape index (κ2) is 10.2. The zero-order valence-electron chi connectivity index (χ0n) is 17.4. The molecule has 4 atom stereocenters. The van der Waals surface area contributed by atoms with Gasteiger partial charge in [-0.05, 0) is 25.7 Å². The van der Waals surface area contributed by atoms with Crippen molar-refractivity contribution in [2.75, 3.05) is 6.54 Å². The molecule has 0 radical (unpaired) electrons. The summed E-state index contributed by atoms with van der Waals surface area (Å²) in [5.41, 5.74) is 6.56. The number of amides is 3. The number of carboxylic acids is 1. The molecule has 30 heavy (non-hydrogen) atoms. The lowest BCUT2D eigenvalue weighted by atomic mass is 10.0. The van der Waals surface area contributed by atoms with Crippen molar-refractivity contribution in [3.05, 3.63) is 18.2 Å². The minimum absolute atomic E-state index is 0.115. The Morgan fingerprint density at radius 1 is 1.30 bits per heavy atom. The van der Waals surface area contributed by atoms with Crippen LogP contribution in [-0.2, 0) is 25.6 Å². The number of imidazole rings is 1. The van der Waals surface area contributed by atoms with Gasteiger partial charge in [0.1, 0.15) is 18.1 Å². The van der Waals surface area contributed by atoms with Gasteiger partial charge in [0.15, 0.2) is 0 Å². The molecule has 11 nitrogen and oxygen atoms in total. The number of carboxylic acid groups (broad SMARTS) is 1. The molecule has 0 spiro atoms. The van der Waals surface area contributed by atoms with Crippen molar-refractivity contribution < 1.29 is 24.3 Å². The monoisotopic (exact) mass is 422 g/mol. The van der Waals surface area contributed by atoms with E-state index < -0.39 is 47.9 Å². The molecule has 3 amide bonds. The molecule has 1 aliphatic rings. The third-order valence-electron chi connectivity index (χ3n) is 5.18. The number of hydrogen-bond acceptors (Lipinski definition) is 6. The number of aromatic amines is 1. The van der Waals surface area contributed by atoms with E-state index in [2.05, 4.69) is 20.6 Å². The summed E-state index contributed by atoms with van der Waals surface area (Å²) in [4.78, 5) is 57.6. The summed E-state index contributed by atoms with van der Waals surface area (Å²) in [5.74, 6) is -2.68. The molecule has 11 heteroatoms. The van der Waals surface area contributed by atoms with E-state index in [1.807, 2.05) is 0 Å². The van der Waals surface area contributed by atoms with Crippen LogP contribution in [0.25, 0.3) is 0 Å². The Labute approximate surface area is 174 Å². The molecule has 4 unspecified atom stereocenters. The van der Waals surface area contributed by atoms with Crippen LogP contribution in [0.4, 0.5) is 0 Å². The van der Waals surface area contributed by atoms with Crippen LogP contribution in [0.3, 0.4) is 0 Å². The second-order valence-corrected chi connectivity index (χ2v) is 7.87. The number of nitrogens with two attached hydrogens (primary N) is 1. The van der Waals surface area contributed by atoms with Gasteiger partial charge in [0.2, 0.25) is 17.7 Å². The van der Waals surface area contributed by atoms with Gasteiger partial charge in [0.05, 0.1) is 12.4 Å². The van der Waals surface area contributed by atoms with E-state index in [0.29, 0.717) is 25.1 Å². The molecule has 166 valence electrons. The Balaban J connectivity index is 2.17. The number of nitrogens with zero attached hydrogens (tertiary/aromatic N) is 2. The third kappa shape index (κ3) is 5.78. The summed E-state index contributed by atoms with van der Waals surface area (Å²) in [6.45, 7) is 5.31. The highest BCUT2D eigenvalue weighted by atomic mass is 16.4. The molecule has 0 aromatic carbocycles. The largest absolute Gasteiger partial charge is 0.480 e. The van der Waals surface area contributed by atoms with E-state index in [0.717, 1.165) is 0 Å². The Kier molecular flexibility index (Phi) is 7.93. The molecule has 2 heterocycles. The van der Waals surface area contributed by atoms with E-state index in [4.69, 9.17) is 10.8 Å². The van der Waals surface area contributed by atoms with E-state index >= 15 is 0 Å². The lowest BCUT2D eigenvalue weighted by Crippen LogP contribution is -2.57. The molecule has 2 rings (SSSR count). The lowest BCUT2D eigenvalue weighted by Gasteiger charge is -2.30. The molecule has 1 fully saturated rings. The number of H-pyrrole nitrogens is 1. The lowest BCUT2D eigenvalue weighted by molar-refractivity contribution is -0.144. The van der Waals surface area contributed by atoms with E-state index in [-0.39, 0.29) is 12.3 Å². The number of aliphatic carboxylic acids is 1. The van der Waals surface area contributed by atoms with Crippen molar-refractivity contribution in [2.24, 2.45) is 11.7 Å². The van der Waals surface area contributed by atoms with Gasteiger partial charge in [-0.25, -0.2) is 4.98 Å². The molecule has 1 aromatic heterocycles. The summed E-state index contributed by atoms with van der Waals surface area (Å²) < 4.78 is 0. The van der Waals surface area contributed by atoms with Crippen molar-refractivity contribution in [2.45, 2.75) is 64.2 Å². The average Bonchev–Trinajstić information content (AvgIpc) is 3.37. The molecule has 0 bridgehead atoms. The number of carbonyl (C=O) groups is 4. The van der Waals surface area contributed by atoms with Gasteiger partial charge >= 0.3 is 5.97 Å². The van der Waals surface area contributed by atoms with Gasteiger partial charge in [-0.2, -0.15) is 0 Å². The topological polar surface area (TPSA) is 171 Å². The number of rotatable bonds is 9. The Hall–Kier alpha value is -2.95. The van der Waals surface area contributed by atoms with Crippen LogP contribution < -0.4 is 16.4 Å². The van der Waals surface area contributed by atoms with Gasteiger partial charge in [-0.1, -0.05) is 13.8 Å². The first kappa shape index (κ1) is 23.3. The standard InChI is InChI=1S/C19H30N6O5/c1-10(2)15(20)17(27)24-13(7-12-8-21-9-22-12)18(28)25-6-4-5-14(25)16(26)23-11(3)19(29)30/h8-11,13-15H,4-7,20H2,1-3H3,(H,21,22)(H,23,26)(H,24,27)(H,29,30). The fourth-order valence-corrected chi connectivity index (χ4v) is 3.26. The van der Waals surface area contributed by atoms with Crippen molar-refractivity contribution in [3.8, 4) is 0 Å².